The topological polar surface area (TPSA) is 56.7 Å². The molecule has 0 aromatic carbocycles. The molecule has 0 aliphatic carbocycles. The Morgan fingerprint density at radius 2 is 2.46 bits per heavy atom. The Kier molecular flexibility index (Phi) is 2.20. The first-order chi connectivity index (χ1) is 6.25. The zero-order valence-electron chi connectivity index (χ0n) is 6.64. The van der Waals surface area contributed by atoms with Crippen LogP contribution in [-0.2, 0) is 6.54 Å². The van der Waals surface area contributed by atoms with E-state index >= 15 is 0 Å². The lowest BCUT2D eigenvalue weighted by Crippen LogP contribution is -1.98. The highest BCUT2D eigenvalue weighted by Gasteiger charge is 2.04. The average molecular weight is 215 g/mol. The molecular weight excluding hydrogens is 208 g/mol. The van der Waals surface area contributed by atoms with E-state index in [-0.39, 0.29) is 0 Å². The van der Waals surface area contributed by atoms with Crippen LogP contribution in [0, 0.1) is 0 Å². The minimum Gasteiger partial charge on any atom is -0.396 e. The molecule has 13 heavy (non-hydrogen) atoms. The van der Waals surface area contributed by atoms with E-state index in [0.717, 1.165) is 4.88 Å². The number of aromatic nitrogens is 3. The number of thiazole rings is 1. The number of halogens is 1. The van der Waals surface area contributed by atoms with Crippen LogP contribution >= 0.6 is 22.9 Å². The molecule has 0 aliphatic rings. The molecule has 4 nitrogen and oxygen atoms in total. The summed E-state index contributed by atoms with van der Waals surface area (Å²) in [6, 6.07) is 0. The monoisotopic (exact) mass is 214 g/mol. The first kappa shape index (κ1) is 8.52. The SMILES string of the molecule is Nc1cnn(Cc2scnc2Cl)c1. The molecule has 0 bridgehead atoms. The Labute approximate surface area is 84.0 Å². The molecule has 0 aliphatic heterocycles. The summed E-state index contributed by atoms with van der Waals surface area (Å²) in [5.41, 5.74) is 7.88. The molecule has 2 rings (SSSR count). The summed E-state index contributed by atoms with van der Waals surface area (Å²) >= 11 is 7.33. The Hall–Kier alpha value is -1.07. The van der Waals surface area contributed by atoms with Crippen LogP contribution in [0.25, 0.3) is 0 Å². The Balaban J connectivity index is 2.19. The number of nitrogens with two attached hydrogens (primary N) is 1. The summed E-state index contributed by atoms with van der Waals surface area (Å²) in [6.07, 6.45) is 3.37. The lowest BCUT2D eigenvalue weighted by atomic mass is 10.5. The van der Waals surface area contributed by atoms with Crippen LogP contribution in [-0.4, -0.2) is 14.8 Å². The maximum atomic E-state index is 5.82. The van der Waals surface area contributed by atoms with Crippen LogP contribution in [0.2, 0.25) is 5.15 Å². The minimum absolute atomic E-state index is 0.541. The summed E-state index contributed by atoms with van der Waals surface area (Å²) < 4.78 is 1.73. The minimum atomic E-state index is 0.541. The van der Waals surface area contributed by atoms with Crippen molar-refractivity contribution in [3.8, 4) is 0 Å². The van der Waals surface area contributed by atoms with Gasteiger partial charge in [0, 0.05) is 6.20 Å². The van der Waals surface area contributed by atoms with Crippen LogP contribution in [0.1, 0.15) is 4.88 Å². The van der Waals surface area contributed by atoms with Gasteiger partial charge in [0.25, 0.3) is 0 Å². The molecule has 68 valence electrons. The largest absolute Gasteiger partial charge is 0.396 e. The van der Waals surface area contributed by atoms with Crippen LogP contribution in [0.15, 0.2) is 17.9 Å². The van der Waals surface area contributed by atoms with Gasteiger partial charge in [-0.25, -0.2) is 4.98 Å². The van der Waals surface area contributed by atoms with Gasteiger partial charge >= 0.3 is 0 Å². The Bertz CT molecular complexity index is 408. The third-order valence-corrected chi connectivity index (χ3v) is 2.81. The van der Waals surface area contributed by atoms with Crippen molar-refractivity contribution >= 4 is 28.6 Å². The molecule has 0 saturated heterocycles. The average Bonchev–Trinajstić information content (AvgIpc) is 2.64. The number of rotatable bonds is 2. The van der Waals surface area contributed by atoms with E-state index in [1.807, 2.05) is 0 Å². The molecule has 0 atom stereocenters. The fourth-order valence-electron chi connectivity index (χ4n) is 0.973. The fraction of sp³-hybridized carbons (Fsp3) is 0.143. The highest BCUT2D eigenvalue weighted by atomic mass is 35.5. The van der Waals surface area contributed by atoms with Crippen LogP contribution in [0.3, 0.4) is 0 Å². The van der Waals surface area contributed by atoms with Gasteiger partial charge in [0.05, 0.1) is 28.8 Å². The molecule has 2 aromatic rings. The molecule has 0 amide bonds. The second-order valence-corrected chi connectivity index (χ2v) is 3.83. The first-order valence-corrected chi connectivity index (χ1v) is 4.87. The maximum Gasteiger partial charge on any atom is 0.145 e. The van der Waals surface area contributed by atoms with Gasteiger partial charge in [0.1, 0.15) is 5.15 Å². The summed E-state index contributed by atoms with van der Waals surface area (Å²) in [7, 11) is 0. The maximum absolute atomic E-state index is 5.82. The van der Waals surface area contributed by atoms with E-state index in [1.165, 1.54) is 11.3 Å². The van der Waals surface area contributed by atoms with Crippen molar-refractivity contribution in [1.82, 2.24) is 14.8 Å². The van der Waals surface area contributed by atoms with E-state index in [0.29, 0.717) is 17.4 Å². The van der Waals surface area contributed by atoms with Gasteiger partial charge in [0.15, 0.2) is 0 Å². The molecule has 2 N–H and O–H groups in total. The molecule has 2 heterocycles. The second kappa shape index (κ2) is 3.35. The van der Waals surface area contributed by atoms with Crippen molar-refractivity contribution in [2.75, 3.05) is 5.73 Å². The molecule has 0 unspecified atom stereocenters. The molecule has 2 aromatic heterocycles. The zero-order chi connectivity index (χ0) is 9.26. The van der Waals surface area contributed by atoms with E-state index in [2.05, 4.69) is 10.1 Å². The summed E-state index contributed by atoms with van der Waals surface area (Å²) in [4.78, 5) is 4.92. The molecule has 6 heteroatoms. The van der Waals surface area contributed by atoms with Gasteiger partial charge in [-0.1, -0.05) is 11.6 Å². The van der Waals surface area contributed by atoms with Crippen LogP contribution in [0.5, 0.6) is 0 Å². The predicted octanol–water partition coefficient (Wildman–Crippen LogP) is 1.62. The van der Waals surface area contributed by atoms with Crippen LogP contribution < -0.4 is 5.73 Å². The Morgan fingerprint density at radius 3 is 3.00 bits per heavy atom. The summed E-state index contributed by atoms with van der Waals surface area (Å²) in [5.74, 6) is 0. The van der Waals surface area contributed by atoms with Crippen molar-refractivity contribution in [2.45, 2.75) is 6.54 Å². The molecular formula is C7H7ClN4S. The van der Waals surface area contributed by atoms with Gasteiger partial charge in [-0.15, -0.1) is 11.3 Å². The van der Waals surface area contributed by atoms with Gasteiger partial charge < -0.3 is 5.73 Å². The molecule has 0 radical (unpaired) electrons. The summed E-state index contributed by atoms with van der Waals surface area (Å²) in [6.45, 7) is 0.626. The van der Waals surface area contributed by atoms with Crippen molar-refractivity contribution in [2.24, 2.45) is 0 Å². The molecule has 0 fully saturated rings. The van der Waals surface area contributed by atoms with Crippen molar-refractivity contribution in [3.63, 3.8) is 0 Å². The molecule has 0 spiro atoms. The van der Waals surface area contributed by atoms with E-state index in [9.17, 15) is 0 Å². The molecule has 0 saturated carbocycles. The fourth-order valence-corrected chi connectivity index (χ4v) is 1.91. The van der Waals surface area contributed by atoms with Gasteiger partial charge in [-0.05, 0) is 0 Å². The number of hydrogen-bond acceptors (Lipinski definition) is 4. The third kappa shape index (κ3) is 1.81. The smallest absolute Gasteiger partial charge is 0.145 e. The number of nitrogens with zero attached hydrogens (tertiary/aromatic N) is 3. The van der Waals surface area contributed by atoms with E-state index in [1.54, 1.807) is 22.6 Å². The van der Waals surface area contributed by atoms with Gasteiger partial charge in [0.2, 0.25) is 0 Å². The number of nitrogen functional groups attached to an aromatic ring is 1. The van der Waals surface area contributed by atoms with Crippen molar-refractivity contribution in [1.29, 1.82) is 0 Å². The lowest BCUT2D eigenvalue weighted by Gasteiger charge is -1.96. The zero-order valence-corrected chi connectivity index (χ0v) is 8.22. The van der Waals surface area contributed by atoms with Gasteiger partial charge in [-0.3, -0.25) is 4.68 Å². The third-order valence-electron chi connectivity index (χ3n) is 1.55. The second-order valence-electron chi connectivity index (χ2n) is 2.54. The van der Waals surface area contributed by atoms with Crippen molar-refractivity contribution in [3.05, 3.63) is 27.9 Å². The Morgan fingerprint density at radius 1 is 1.62 bits per heavy atom. The van der Waals surface area contributed by atoms with E-state index in [4.69, 9.17) is 17.3 Å². The number of anilines is 1. The highest BCUT2D eigenvalue weighted by molar-refractivity contribution is 7.10. The highest BCUT2D eigenvalue weighted by Crippen LogP contribution is 2.19. The normalized spacial score (nSPS) is 10.5. The van der Waals surface area contributed by atoms with Crippen molar-refractivity contribution < 1.29 is 0 Å². The standard InChI is InChI=1S/C7H7ClN4S/c8-7-6(13-4-10-7)3-12-2-5(9)1-11-12/h1-2,4H,3,9H2. The predicted molar refractivity (Wildman–Crippen MR) is 52.9 cm³/mol. The first-order valence-electron chi connectivity index (χ1n) is 3.61. The number of hydrogen-bond donors (Lipinski definition) is 1. The van der Waals surface area contributed by atoms with Gasteiger partial charge in [-0.2, -0.15) is 5.10 Å². The lowest BCUT2D eigenvalue weighted by molar-refractivity contribution is 0.694. The quantitative estimate of drug-likeness (QED) is 0.827. The van der Waals surface area contributed by atoms with Crippen LogP contribution in [0.4, 0.5) is 5.69 Å². The summed E-state index contributed by atoms with van der Waals surface area (Å²) in [5, 5.41) is 4.58. The van der Waals surface area contributed by atoms with E-state index < -0.39 is 0 Å².